The summed E-state index contributed by atoms with van der Waals surface area (Å²) < 4.78 is 5.07. The van der Waals surface area contributed by atoms with E-state index in [0.29, 0.717) is 0 Å². The molecule has 0 spiro atoms. The van der Waals surface area contributed by atoms with Crippen molar-refractivity contribution < 1.29 is 4.74 Å². The topological polar surface area (TPSA) is 21.3 Å². The van der Waals surface area contributed by atoms with Crippen LogP contribution in [0.1, 0.15) is 0 Å². The van der Waals surface area contributed by atoms with E-state index in [1.807, 2.05) is 0 Å². The van der Waals surface area contributed by atoms with E-state index in [2.05, 4.69) is 11.9 Å². The molecule has 40 valence electrons. The fourth-order valence-electron chi connectivity index (χ4n) is 0.597. The zero-order chi connectivity index (χ0) is 5.11. The molecule has 0 aromatic carbocycles. The van der Waals surface area contributed by atoms with Crippen LogP contribution in [0.5, 0.6) is 0 Å². The van der Waals surface area contributed by atoms with E-state index in [-0.39, 0.29) is 6.23 Å². The third-order valence-corrected chi connectivity index (χ3v) is 0.959. The van der Waals surface area contributed by atoms with Crippen LogP contribution in [0.15, 0.2) is 12.7 Å². The molecule has 0 amide bonds. The third kappa shape index (κ3) is 1.01. The average molecular weight is 99.1 g/mol. The molecule has 2 nitrogen and oxygen atoms in total. The summed E-state index contributed by atoms with van der Waals surface area (Å²) >= 11 is 0. The molecule has 0 aromatic rings. The summed E-state index contributed by atoms with van der Waals surface area (Å²) in [5, 5.41) is 3.07. The van der Waals surface area contributed by atoms with Gasteiger partial charge in [-0.2, -0.15) is 0 Å². The van der Waals surface area contributed by atoms with Crippen molar-refractivity contribution in [3.8, 4) is 0 Å². The van der Waals surface area contributed by atoms with Crippen LogP contribution in [-0.2, 0) is 4.74 Å². The summed E-state index contributed by atoms with van der Waals surface area (Å²) in [6.07, 6.45) is 1.87. The summed E-state index contributed by atoms with van der Waals surface area (Å²) in [5.74, 6) is 0. The molecule has 0 bridgehead atoms. The van der Waals surface area contributed by atoms with Gasteiger partial charge in [0.05, 0.1) is 6.61 Å². The Balaban J connectivity index is 2.26. The summed E-state index contributed by atoms with van der Waals surface area (Å²) in [6, 6.07) is 0. The average Bonchev–Trinajstić information content (AvgIpc) is 2.14. The number of ether oxygens (including phenoxy) is 1. The highest BCUT2D eigenvalue weighted by molar-refractivity contribution is 4.80. The standard InChI is InChI=1S/C5H9NO/c1-2-5-6-3-4-7-5/h2,5-6H,1,3-4H2. The van der Waals surface area contributed by atoms with Crippen LogP contribution in [0, 0.1) is 0 Å². The molecular weight excluding hydrogens is 90.1 g/mol. The Labute approximate surface area is 43.2 Å². The highest BCUT2D eigenvalue weighted by Crippen LogP contribution is 1.93. The molecule has 7 heavy (non-hydrogen) atoms. The minimum atomic E-state index is 0.111. The predicted octanol–water partition coefficient (Wildman–Crippen LogP) is 0.118. The monoisotopic (exact) mass is 99.1 g/mol. The Kier molecular flexibility index (Phi) is 1.44. The number of nitrogens with one attached hydrogen (secondary N) is 1. The lowest BCUT2D eigenvalue weighted by Crippen LogP contribution is -2.18. The minimum absolute atomic E-state index is 0.111. The van der Waals surface area contributed by atoms with Crippen LogP contribution in [0.4, 0.5) is 0 Å². The van der Waals surface area contributed by atoms with Crippen molar-refractivity contribution in [1.29, 1.82) is 0 Å². The van der Waals surface area contributed by atoms with Crippen LogP contribution in [0.3, 0.4) is 0 Å². The van der Waals surface area contributed by atoms with Gasteiger partial charge in [0.15, 0.2) is 0 Å². The molecule has 1 aliphatic rings. The van der Waals surface area contributed by atoms with Gasteiger partial charge in [0, 0.05) is 6.54 Å². The van der Waals surface area contributed by atoms with E-state index < -0.39 is 0 Å². The predicted molar refractivity (Wildman–Crippen MR) is 27.9 cm³/mol. The molecule has 1 aliphatic heterocycles. The lowest BCUT2D eigenvalue weighted by molar-refractivity contribution is 0.138. The fraction of sp³-hybridized carbons (Fsp3) is 0.600. The van der Waals surface area contributed by atoms with Gasteiger partial charge >= 0.3 is 0 Å². The van der Waals surface area contributed by atoms with Crippen LogP contribution in [0.25, 0.3) is 0 Å². The van der Waals surface area contributed by atoms with Gasteiger partial charge in [0.1, 0.15) is 6.23 Å². The summed E-state index contributed by atoms with van der Waals surface area (Å²) in [4.78, 5) is 0. The first-order chi connectivity index (χ1) is 3.43. The van der Waals surface area contributed by atoms with Gasteiger partial charge in [-0.15, -0.1) is 0 Å². The highest BCUT2D eigenvalue weighted by atomic mass is 16.5. The molecule has 1 fully saturated rings. The smallest absolute Gasteiger partial charge is 0.127 e. The quantitative estimate of drug-likeness (QED) is 0.471. The Morgan fingerprint density at radius 1 is 1.86 bits per heavy atom. The molecule has 1 N–H and O–H groups in total. The van der Waals surface area contributed by atoms with Gasteiger partial charge in [-0.25, -0.2) is 0 Å². The van der Waals surface area contributed by atoms with E-state index in [1.54, 1.807) is 6.08 Å². The maximum atomic E-state index is 5.07. The van der Waals surface area contributed by atoms with E-state index in [9.17, 15) is 0 Å². The Morgan fingerprint density at radius 3 is 3.00 bits per heavy atom. The number of hydrogen-bond acceptors (Lipinski definition) is 2. The third-order valence-electron chi connectivity index (χ3n) is 0.959. The largest absolute Gasteiger partial charge is 0.358 e. The van der Waals surface area contributed by atoms with Crippen molar-refractivity contribution in [2.24, 2.45) is 0 Å². The first-order valence-electron chi connectivity index (χ1n) is 2.41. The highest BCUT2D eigenvalue weighted by Gasteiger charge is 2.07. The van der Waals surface area contributed by atoms with Gasteiger partial charge in [-0.1, -0.05) is 6.58 Å². The summed E-state index contributed by atoms with van der Waals surface area (Å²) in [7, 11) is 0. The minimum Gasteiger partial charge on any atom is -0.358 e. The first-order valence-corrected chi connectivity index (χ1v) is 2.41. The molecule has 1 rings (SSSR count). The van der Waals surface area contributed by atoms with Crippen LogP contribution in [-0.4, -0.2) is 19.4 Å². The van der Waals surface area contributed by atoms with Crippen molar-refractivity contribution in [2.45, 2.75) is 6.23 Å². The molecule has 1 saturated heterocycles. The molecule has 0 aromatic heterocycles. The van der Waals surface area contributed by atoms with Crippen LogP contribution >= 0.6 is 0 Å². The normalized spacial score (nSPS) is 30.6. The van der Waals surface area contributed by atoms with E-state index in [1.165, 1.54) is 0 Å². The molecule has 2 heteroatoms. The van der Waals surface area contributed by atoms with Crippen molar-refractivity contribution in [2.75, 3.05) is 13.2 Å². The SMILES string of the molecule is C=CC1NCCO1. The lowest BCUT2D eigenvalue weighted by atomic mass is 10.6. The van der Waals surface area contributed by atoms with Crippen LogP contribution in [0.2, 0.25) is 0 Å². The molecular formula is C5H9NO. The van der Waals surface area contributed by atoms with E-state index in [4.69, 9.17) is 4.74 Å². The molecule has 1 heterocycles. The number of rotatable bonds is 1. The molecule has 0 aliphatic carbocycles. The van der Waals surface area contributed by atoms with Crippen molar-refractivity contribution in [3.05, 3.63) is 12.7 Å². The fourth-order valence-corrected chi connectivity index (χ4v) is 0.597. The van der Waals surface area contributed by atoms with E-state index >= 15 is 0 Å². The zero-order valence-electron chi connectivity index (χ0n) is 4.18. The van der Waals surface area contributed by atoms with Gasteiger partial charge in [0.2, 0.25) is 0 Å². The maximum Gasteiger partial charge on any atom is 0.127 e. The van der Waals surface area contributed by atoms with Gasteiger partial charge in [-0.05, 0) is 6.08 Å². The maximum absolute atomic E-state index is 5.07. The van der Waals surface area contributed by atoms with Gasteiger partial charge in [0.25, 0.3) is 0 Å². The second-order valence-corrected chi connectivity index (χ2v) is 1.48. The summed E-state index contributed by atoms with van der Waals surface area (Å²) in [6.45, 7) is 5.33. The second-order valence-electron chi connectivity index (χ2n) is 1.48. The van der Waals surface area contributed by atoms with Crippen molar-refractivity contribution in [1.82, 2.24) is 5.32 Å². The van der Waals surface area contributed by atoms with Gasteiger partial charge in [-0.3, -0.25) is 5.32 Å². The summed E-state index contributed by atoms with van der Waals surface area (Å²) in [5.41, 5.74) is 0. The van der Waals surface area contributed by atoms with Gasteiger partial charge < -0.3 is 4.74 Å². The van der Waals surface area contributed by atoms with Crippen LogP contribution < -0.4 is 5.32 Å². The van der Waals surface area contributed by atoms with Crippen molar-refractivity contribution >= 4 is 0 Å². The molecule has 1 unspecified atom stereocenters. The lowest BCUT2D eigenvalue weighted by Gasteiger charge is -1.98. The first kappa shape index (κ1) is 4.81. The second kappa shape index (κ2) is 2.09. The Bertz CT molecular complexity index is 66.5. The molecule has 0 saturated carbocycles. The Hall–Kier alpha value is -0.340. The molecule has 0 radical (unpaired) electrons. The van der Waals surface area contributed by atoms with Crippen molar-refractivity contribution in [3.63, 3.8) is 0 Å². The van der Waals surface area contributed by atoms with E-state index in [0.717, 1.165) is 13.2 Å². The molecule has 1 atom stereocenters. The Morgan fingerprint density at radius 2 is 2.71 bits per heavy atom. The number of hydrogen-bond donors (Lipinski definition) is 1. The zero-order valence-corrected chi connectivity index (χ0v) is 4.18.